The van der Waals surface area contributed by atoms with Gasteiger partial charge < -0.3 is 29.8 Å². The van der Waals surface area contributed by atoms with E-state index < -0.39 is 11.6 Å². The van der Waals surface area contributed by atoms with E-state index in [2.05, 4.69) is 10.6 Å². The second kappa shape index (κ2) is 13.8. The van der Waals surface area contributed by atoms with E-state index in [-0.39, 0.29) is 18.0 Å². The lowest BCUT2D eigenvalue weighted by Crippen LogP contribution is -2.54. The number of halogens is 1. The highest BCUT2D eigenvalue weighted by molar-refractivity contribution is 5.81. The lowest BCUT2D eigenvalue weighted by atomic mass is 9.73. The minimum atomic E-state index is -1.25. The summed E-state index contributed by atoms with van der Waals surface area (Å²) in [6, 6.07) is 6.21. The first kappa shape index (κ1) is 28.8. The number of piperidine rings is 1. The molecular weight excluding hydrogens is 485 g/mol. The number of nitrogens with one attached hydrogen (secondary N) is 2. The fraction of sp³-hybridized carbons (Fsp3) is 0.700. The molecular formula is C30H46FN3O4. The number of carbonyl (C=O) groups excluding carboxylic acids is 1. The summed E-state index contributed by atoms with van der Waals surface area (Å²) in [6.45, 7) is 2.47. The number of aliphatic hydroxyl groups is 1. The van der Waals surface area contributed by atoms with E-state index in [4.69, 9.17) is 9.15 Å². The van der Waals surface area contributed by atoms with Crippen LogP contribution in [0.5, 0.6) is 0 Å². The van der Waals surface area contributed by atoms with Gasteiger partial charge in [-0.25, -0.2) is 4.79 Å². The van der Waals surface area contributed by atoms with Gasteiger partial charge in [-0.05, 0) is 51.5 Å². The smallest absolute Gasteiger partial charge is 0.317 e. The van der Waals surface area contributed by atoms with Gasteiger partial charge in [0.25, 0.3) is 6.01 Å². The Balaban J connectivity index is 1.50. The van der Waals surface area contributed by atoms with Crippen molar-refractivity contribution in [3.05, 3.63) is 35.8 Å². The Morgan fingerprint density at radius 2 is 2.05 bits per heavy atom. The molecule has 1 saturated carbocycles. The molecule has 2 fully saturated rings. The Bertz CT molecular complexity index is 1020. The number of nitrogens with zero attached hydrogens (tertiary/aromatic N) is 1. The average Bonchev–Trinajstić information content (AvgIpc) is 3.32. The van der Waals surface area contributed by atoms with Crippen molar-refractivity contribution < 1.29 is 23.4 Å². The Kier molecular flexibility index (Phi) is 10.4. The number of ether oxygens (including phenoxy) is 1. The number of fused-ring (bicyclic) bond motifs is 1. The SMILES string of the molecule is CNCC(CC1CCCCC1)NC(=O)N1CCCC([C@@](O)(CCCCOC)c2cccc3cc(F)oc23)C1. The molecule has 212 valence electrons. The van der Waals surface area contributed by atoms with E-state index >= 15 is 0 Å². The molecule has 0 bridgehead atoms. The van der Waals surface area contributed by atoms with Crippen LogP contribution in [0, 0.1) is 17.8 Å². The maximum atomic E-state index is 14.1. The molecule has 3 atom stereocenters. The number of benzene rings is 1. The maximum absolute atomic E-state index is 14.1. The number of amides is 2. The van der Waals surface area contributed by atoms with Gasteiger partial charge in [-0.2, -0.15) is 4.39 Å². The number of urea groups is 1. The van der Waals surface area contributed by atoms with Gasteiger partial charge in [-0.1, -0.05) is 50.3 Å². The highest BCUT2D eigenvalue weighted by atomic mass is 19.1. The summed E-state index contributed by atoms with van der Waals surface area (Å²) in [4.78, 5) is 15.3. The van der Waals surface area contributed by atoms with Crippen molar-refractivity contribution in [1.29, 1.82) is 0 Å². The quantitative estimate of drug-likeness (QED) is 0.312. The third-order valence-corrected chi connectivity index (χ3v) is 8.64. The van der Waals surface area contributed by atoms with Crippen LogP contribution in [0.1, 0.15) is 76.2 Å². The first-order chi connectivity index (χ1) is 18.4. The standard InChI is InChI=1S/C30H46FN3O4/c1-32-20-25(18-22-10-4-3-5-11-22)33-29(35)34-16-9-13-24(21-34)30(36,15-6-7-17-37-2)26-14-8-12-23-19-27(31)38-28(23)26/h8,12,14,19,22,24-25,32,36H,3-7,9-11,13,15-18,20-21H2,1-2H3,(H,33,35)/t24?,25?,30-/m0/s1. The zero-order chi connectivity index (χ0) is 27.0. The van der Waals surface area contributed by atoms with Crippen molar-refractivity contribution in [2.45, 2.75) is 82.3 Å². The monoisotopic (exact) mass is 531 g/mol. The van der Waals surface area contributed by atoms with Crippen LogP contribution in [0.4, 0.5) is 9.18 Å². The first-order valence-electron chi connectivity index (χ1n) is 14.5. The summed E-state index contributed by atoms with van der Waals surface area (Å²) in [5.74, 6) is 0.479. The number of methoxy groups -OCH3 is 1. The molecule has 2 aromatic rings. The van der Waals surface area contributed by atoms with Gasteiger partial charge >= 0.3 is 6.03 Å². The normalized spacial score (nSPS) is 21.4. The van der Waals surface area contributed by atoms with Crippen LogP contribution in [-0.4, -0.2) is 62.5 Å². The molecule has 1 aliphatic heterocycles. The van der Waals surface area contributed by atoms with E-state index in [1.54, 1.807) is 13.2 Å². The number of likely N-dealkylation sites (tertiary alicyclic amines) is 1. The zero-order valence-corrected chi connectivity index (χ0v) is 23.1. The minimum absolute atomic E-state index is 0.0604. The topological polar surface area (TPSA) is 87.0 Å². The van der Waals surface area contributed by atoms with E-state index in [9.17, 15) is 14.3 Å². The van der Waals surface area contributed by atoms with Crippen molar-refractivity contribution in [3.63, 3.8) is 0 Å². The van der Waals surface area contributed by atoms with Crippen LogP contribution in [-0.2, 0) is 10.3 Å². The molecule has 0 spiro atoms. The highest BCUT2D eigenvalue weighted by Gasteiger charge is 2.43. The van der Waals surface area contributed by atoms with Gasteiger partial charge in [-0.15, -0.1) is 0 Å². The molecule has 2 heterocycles. The molecule has 38 heavy (non-hydrogen) atoms. The third-order valence-electron chi connectivity index (χ3n) is 8.64. The summed E-state index contributed by atoms with van der Waals surface area (Å²) in [5.41, 5.74) is -0.250. The fourth-order valence-corrected chi connectivity index (χ4v) is 6.65. The lowest BCUT2D eigenvalue weighted by Gasteiger charge is -2.43. The van der Waals surface area contributed by atoms with Crippen LogP contribution in [0.3, 0.4) is 0 Å². The summed E-state index contributed by atoms with van der Waals surface area (Å²) in [6.07, 6.45) is 11.0. The summed E-state index contributed by atoms with van der Waals surface area (Å²) < 4.78 is 24.7. The number of carbonyl (C=O) groups is 1. The van der Waals surface area contributed by atoms with Gasteiger partial charge in [0.05, 0.1) is 5.60 Å². The van der Waals surface area contributed by atoms with Gasteiger partial charge in [0.15, 0.2) is 0 Å². The number of para-hydroxylation sites is 1. The second-order valence-electron chi connectivity index (χ2n) is 11.4. The summed E-state index contributed by atoms with van der Waals surface area (Å²) in [5, 5.41) is 19.5. The number of likely N-dealkylation sites (N-methyl/N-ethyl adjacent to an activating group) is 1. The van der Waals surface area contributed by atoms with Crippen molar-refractivity contribution in [2.75, 3.05) is 40.4 Å². The van der Waals surface area contributed by atoms with Gasteiger partial charge in [0.2, 0.25) is 0 Å². The average molecular weight is 532 g/mol. The van der Waals surface area contributed by atoms with Crippen LogP contribution < -0.4 is 10.6 Å². The number of hydrogen-bond donors (Lipinski definition) is 3. The minimum Gasteiger partial charge on any atom is -0.431 e. The predicted molar refractivity (Wildman–Crippen MR) is 148 cm³/mol. The summed E-state index contributed by atoms with van der Waals surface area (Å²) >= 11 is 0. The van der Waals surface area contributed by atoms with Crippen LogP contribution in [0.25, 0.3) is 11.0 Å². The van der Waals surface area contributed by atoms with Crippen LogP contribution in [0.15, 0.2) is 28.7 Å². The number of hydrogen-bond acceptors (Lipinski definition) is 5. The zero-order valence-electron chi connectivity index (χ0n) is 23.1. The molecule has 3 N–H and O–H groups in total. The largest absolute Gasteiger partial charge is 0.431 e. The Labute approximate surface area is 226 Å². The Hall–Kier alpha value is -2.16. The number of furan rings is 1. The van der Waals surface area contributed by atoms with E-state index in [1.807, 2.05) is 24.1 Å². The Morgan fingerprint density at radius 3 is 2.82 bits per heavy atom. The molecule has 8 heteroatoms. The third kappa shape index (κ3) is 7.07. The van der Waals surface area contributed by atoms with Gasteiger partial charge in [0, 0.05) is 62.3 Å². The van der Waals surface area contributed by atoms with Crippen molar-refractivity contribution >= 4 is 17.0 Å². The molecule has 1 aromatic heterocycles. The maximum Gasteiger partial charge on any atom is 0.317 e. The molecule has 2 unspecified atom stereocenters. The highest BCUT2D eigenvalue weighted by Crippen LogP contribution is 2.43. The molecule has 2 amide bonds. The molecule has 2 aliphatic rings. The molecule has 1 aliphatic carbocycles. The van der Waals surface area contributed by atoms with E-state index in [0.717, 1.165) is 38.6 Å². The van der Waals surface area contributed by atoms with Crippen LogP contribution >= 0.6 is 0 Å². The van der Waals surface area contributed by atoms with Crippen molar-refractivity contribution in [1.82, 2.24) is 15.5 Å². The molecule has 1 saturated heterocycles. The van der Waals surface area contributed by atoms with Crippen molar-refractivity contribution in [2.24, 2.45) is 11.8 Å². The fourth-order valence-electron chi connectivity index (χ4n) is 6.65. The summed E-state index contributed by atoms with van der Waals surface area (Å²) in [7, 11) is 3.60. The first-order valence-corrected chi connectivity index (χ1v) is 14.5. The molecule has 7 nitrogen and oxygen atoms in total. The van der Waals surface area contributed by atoms with Crippen LogP contribution in [0.2, 0.25) is 0 Å². The number of rotatable bonds is 12. The van der Waals surface area contributed by atoms with E-state index in [1.165, 1.54) is 38.2 Å². The molecule has 4 rings (SSSR count). The van der Waals surface area contributed by atoms with Crippen molar-refractivity contribution in [3.8, 4) is 0 Å². The molecule has 0 radical (unpaired) electrons. The van der Waals surface area contributed by atoms with Gasteiger partial charge in [-0.3, -0.25) is 0 Å². The Morgan fingerprint density at radius 1 is 1.24 bits per heavy atom. The lowest BCUT2D eigenvalue weighted by molar-refractivity contribution is -0.0559. The second-order valence-corrected chi connectivity index (χ2v) is 11.4. The number of unbranched alkanes of at least 4 members (excludes halogenated alkanes) is 1. The molecule has 1 aromatic carbocycles. The van der Waals surface area contributed by atoms with Gasteiger partial charge in [0.1, 0.15) is 5.58 Å². The van der Waals surface area contributed by atoms with E-state index in [0.29, 0.717) is 48.6 Å². The predicted octanol–water partition coefficient (Wildman–Crippen LogP) is 5.56.